The van der Waals surface area contributed by atoms with Gasteiger partial charge >= 0.3 is 0 Å². The molecule has 0 radical (unpaired) electrons. The second kappa shape index (κ2) is 6.69. The molecule has 18 heavy (non-hydrogen) atoms. The second-order valence-corrected chi connectivity index (χ2v) is 6.94. The molecule has 102 valence electrons. The molecule has 3 heteroatoms. The first kappa shape index (κ1) is 14.0. The van der Waals surface area contributed by atoms with Crippen LogP contribution in [0.4, 0.5) is 0 Å². The number of aryl methyl sites for hydroxylation is 1. The predicted octanol–water partition coefficient (Wildman–Crippen LogP) is 3.63. The Kier molecular flexibility index (Phi) is 5.22. The molecule has 2 heterocycles. The summed E-state index contributed by atoms with van der Waals surface area (Å²) in [4.78, 5) is 2.86. The normalized spacial score (nSPS) is 23.8. The van der Waals surface area contributed by atoms with E-state index in [9.17, 15) is 0 Å². The number of hydrogen-bond donors (Lipinski definition) is 2. The molecule has 1 aliphatic heterocycles. The van der Waals surface area contributed by atoms with E-state index in [0.717, 1.165) is 6.04 Å². The lowest BCUT2D eigenvalue weighted by Gasteiger charge is -2.28. The molecule has 0 aromatic carbocycles. The van der Waals surface area contributed by atoms with E-state index >= 15 is 0 Å². The number of rotatable bonds is 5. The molecule has 0 aliphatic carbocycles. The summed E-state index contributed by atoms with van der Waals surface area (Å²) in [5.74, 6) is 0. The Morgan fingerprint density at radius 1 is 1.39 bits per heavy atom. The summed E-state index contributed by atoms with van der Waals surface area (Å²) in [6.45, 7) is 7.97. The quantitative estimate of drug-likeness (QED) is 0.850. The van der Waals surface area contributed by atoms with Crippen molar-refractivity contribution in [2.75, 3.05) is 6.54 Å². The van der Waals surface area contributed by atoms with E-state index in [1.54, 1.807) is 0 Å². The van der Waals surface area contributed by atoms with E-state index in [1.807, 2.05) is 11.3 Å². The zero-order chi connectivity index (χ0) is 13.0. The molecule has 0 amide bonds. The summed E-state index contributed by atoms with van der Waals surface area (Å²) in [5, 5.41) is 7.36. The average molecular weight is 266 g/mol. The highest BCUT2D eigenvalue weighted by atomic mass is 32.1. The fraction of sp³-hybridized carbons (Fsp3) is 0.733. The highest BCUT2D eigenvalue weighted by molar-refractivity contribution is 7.12. The van der Waals surface area contributed by atoms with Gasteiger partial charge in [-0.2, -0.15) is 0 Å². The van der Waals surface area contributed by atoms with Gasteiger partial charge in [-0.3, -0.25) is 0 Å². The van der Waals surface area contributed by atoms with Crippen LogP contribution < -0.4 is 10.6 Å². The Morgan fingerprint density at radius 3 is 2.83 bits per heavy atom. The van der Waals surface area contributed by atoms with Crippen LogP contribution in [0.1, 0.15) is 55.3 Å². The molecule has 2 rings (SSSR count). The molecular weight excluding hydrogens is 240 g/mol. The van der Waals surface area contributed by atoms with Crippen LogP contribution in [0.2, 0.25) is 0 Å². The maximum Gasteiger partial charge on any atom is 0.0388 e. The standard InChI is InChI=1S/C15H26N2S/c1-11(10-14-6-4-5-9-16-14)17-13(3)15-8-7-12(2)18-15/h7-8,11,13-14,16-17H,4-6,9-10H2,1-3H3. The van der Waals surface area contributed by atoms with Crippen molar-refractivity contribution in [3.8, 4) is 0 Å². The molecule has 0 spiro atoms. The molecule has 1 saturated heterocycles. The molecule has 0 saturated carbocycles. The smallest absolute Gasteiger partial charge is 0.0388 e. The predicted molar refractivity (Wildman–Crippen MR) is 80.3 cm³/mol. The van der Waals surface area contributed by atoms with Crippen LogP contribution in [-0.2, 0) is 0 Å². The van der Waals surface area contributed by atoms with Crippen LogP contribution in [0.3, 0.4) is 0 Å². The Bertz CT molecular complexity index is 355. The second-order valence-electron chi connectivity index (χ2n) is 5.62. The Labute approximate surface area is 115 Å². The first-order valence-electron chi connectivity index (χ1n) is 7.21. The summed E-state index contributed by atoms with van der Waals surface area (Å²) >= 11 is 1.91. The van der Waals surface area contributed by atoms with Crippen molar-refractivity contribution in [2.45, 2.75) is 64.6 Å². The van der Waals surface area contributed by atoms with Crippen molar-refractivity contribution in [2.24, 2.45) is 0 Å². The Balaban J connectivity index is 1.77. The Hall–Kier alpha value is -0.380. The summed E-state index contributed by atoms with van der Waals surface area (Å²) in [5.41, 5.74) is 0. The van der Waals surface area contributed by atoms with Gasteiger partial charge in [-0.1, -0.05) is 6.42 Å². The van der Waals surface area contributed by atoms with Gasteiger partial charge in [0.15, 0.2) is 0 Å². The third-order valence-electron chi connectivity index (χ3n) is 3.77. The van der Waals surface area contributed by atoms with E-state index < -0.39 is 0 Å². The summed E-state index contributed by atoms with van der Waals surface area (Å²) < 4.78 is 0. The minimum atomic E-state index is 0.474. The largest absolute Gasteiger partial charge is 0.314 e. The molecule has 2 nitrogen and oxygen atoms in total. The lowest BCUT2D eigenvalue weighted by molar-refractivity contribution is 0.335. The number of thiophene rings is 1. The fourth-order valence-electron chi connectivity index (χ4n) is 2.82. The average Bonchev–Trinajstić information content (AvgIpc) is 2.77. The van der Waals surface area contributed by atoms with E-state index in [0.29, 0.717) is 12.1 Å². The fourth-order valence-corrected chi connectivity index (χ4v) is 3.70. The third kappa shape index (κ3) is 4.08. The van der Waals surface area contributed by atoms with Crippen LogP contribution in [0.15, 0.2) is 12.1 Å². The minimum Gasteiger partial charge on any atom is -0.314 e. The lowest BCUT2D eigenvalue weighted by Crippen LogP contribution is -2.40. The van der Waals surface area contributed by atoms with E-state index in [4.69, 9.17) is 0 Å². The van der Waals surface area contributed by atoms with Crippen LogP contribution in [0, 0.1) is 6.92 Å². The van der Waals surface area contributed by atoms with Gasteiger partial charge in [0, 0.05) is 27.9 Å². The van der Waals surface area contributed by atoms with Crippen LogP contribution in [0.5, 0.6) is 0 Å². The number of nitrogens with one attached hydrogen (secondary N) is 2. The SMILES string of the molecule is Cc1ccc(C(C)NC(C)CC2CCCCN2)s1. The summed E-state index contributed by atoms with van der Waals surface area (Å²) in [6, 6.07) is 6.24. The molecule has 3 unspecified atom stereocenters. The number of piperidine rings is 1. The zero-order valence-electron chi connectivity index (χ0n) is 11.8. The molecule has 1 fully saturated rings. The molecule has 0 bridgehead atoms. The molecular formula is C15H26N2S. The first-order valence-corrected chi connectivity index (χ1v) is 8.02. The van der Waals surface area contributed by atoms with Gasteiger partial charge in [-0.15, -0.1) is 11.3 Å². The van der Waals surface area contributed by atoms with Crippen molar-refractivity contribution >= 4 is 11.3 Å². The Morgan fingerprint density at radius 2 is 2.22 bits per heavy atom. The van der Waals surface area contributed by atoms with Crippen molar-refractivity contribution in [3.63, 3.8) is 0 Å². The van der Waals surface area contributed by atoms with Gasteiger partial charge in [-0.25, -0.2) is 0 Å². The lowest BCUT2D eigenvalue weighted by atomic mass is 9.98. The molecule has 1 aromatic heterocycles. The minimum absolute atomic E-state index is 0.474. The van der Waals surface area contributed by atoms with Crippen LogP contribution in [0.25, 0.3) is 0 Å². The van der Waals surface area contributed by atoms with Gasteiger partial charge in [-0.05, 0) is 58.7 Å². The monoisotopic (exact) mass is 266 g/mol. The van der Waals surface area contributed by atoms with Crippen molar-refractivity contribution in [3.05, 3.63) is 21.9 Å². The molecule has 1 aliphatic rings. The van der Waals surface area contributed by atoms with E-state index in [-0.39, 0.29) is 0 Å². The third-order valence-corrected chi connectivity index (χ3v) is 4.96. The highest BCUT2D eigenvalue weighted by Gasteiger charge is 2.17. The molecule has 1 aromatic rings. The van der Waals surface area contributed by atoms with E-state index in [2.05, 4.69) is 43.5 Å². The maximum absolute atomic E-state index is 3.73. The topological polar surface area (TPSA) is 24.1 Å². The molecule has 3 atom stereocenters. The van der Waals surface area contributed by atoms with Gasteiger partial charge in [0.25, 0.3) is 0 Å². The van der Waals surface area contributed by atoms with Gasteiger partial charge in [0.05, 0.1) is 0 Å². The van der Waals surface area contributed by atoms with Gasteiger partial charge in [0.1, 0.15) is 0 Å². The highest BCUT2D eigenvalue weighted by Crippen LogP contribution is 2.23. The molecule has 2 N–H and O–H groups in total. The maximum atomic E-state index is 3.73. The van der Waals surface area contributed by atoms with Crippen LogP contribution >= 0.6 is 11.3 Å². The van der Waals surface area contributed by atoms with Crippen molar-refractivity contribution < 1.29 is 0 Å². The van der Waals surface area contributed by atoms with Crippen molar-refractivity contribution in [1.82, 2.24) is 10.6 Å². The zero-order valence-corrected chi connectivity index (χ0v) is 12.6. The summed E-state index contributed by atoms with van der Waals surface area (Å²) in [7, 11) is 0. The summed E-state index contributed by atoms with van der Waals surface area (Å²) in [6.07, 6.45) is 5.33. The van der Waals surface area contributed by atoms with E-state index in [1.165, 1.54) is 42.0 Å². The van der Waals surface area contributed by atoms with Gasteiger partial charge < -0.3 is 10.6 Å². The number of hydrogen-bond acceptors (Lipinski definition) is 3. The van der Waals surface area contributed by atoms with Crippen molar-refractivity contribution in [1.29, 1.82) is 0 Å². The van der Waals surface area contributed by atoms with Gasteiger partial charge in [0.2, 0.25) is 0 Å². The van der Waals surface area contributed by atoms with Crippen LogP contribution in [-0.4, -0.2) is 18.6 Å². The first-order chi connectivity index (χ1) is 8.65.